The highest BCUT2D eigenvalue weighted by atomic mass is 16.5. The molecule has 0 heterocycles. The molecule has 1 aromatic rings. The Morgan fingerprint density at radius 1 is 1.11 bits per heavy atom. The van der Waals surface area contributed by atoms with Gasteiger partial charge in [-0.15, -0.1) is 0 Å². The summed E-state index contributed by atoms with van der Waals surface area (Å²) in [5, 5.41) is 0. The topological polar surface area (TPSA) is 80.0 Å². The van der Waals surface area contributed by atoms with Crippen molar-refractivity contribution in [3.63, 3.8) is 0 Å². The fourth-order valence-corrected chi connectivity index (χ4v) is 1.39. The van der Waals surface area contributed by atoms with Gasteiger partial charge in [0.2, 0.25) is 0 Å². The third kappa shape index (κ3) is 4.03. The lowest BCUT2D eigenvalue weighted by Crippen LogP contribution is -2.50. The van der Waals surface area contributed by atoms with Crippen LogP contribution in [-0.4, -0.2) is 39.4 Å². The number of nitrogens with two attached hydrogens (primary N) is 1. The van der Waals surface area contributed by atoms with E-state index in [4.69, 9.17) is 19.9 Å². The molecule has 0 amide bonds. The van der Waals surface area contributed by atoms with Crippen molar-refractivity contribution in [2.45, 2.75) is 12.5 Å². The van der Waals surface area contributed by atoms with Crippen LogP contribution in [0.5, 0.6) is 17.2 Å². The summed E-state index contributed by atoms with van der Waals surface area (Å²) in [6, 6.07) is 5.07. The van der Waals surface area contributed by atoms with Gasteiger partial charge in [-0.05, 0) is 6.92 Å². The maximum atomic E-state index is 11.4. The van der Waals surface area contributed by atoms with Gasteiger partial charge in [-0.2, -0.15) is 0 Å². The van der Waals surface area contributed by atoms with E-state index < -0.39 is 11.5 Å². The van der Waals surface area contributed by atoms with Crippen molar-refractivity contribution in [3.05, 3.63) is 18.2 Å². The van der Waals surface area contributed by atoms with E-state index in [1.54, 1.807) is 32.4 Å². The van der Waals surface area contributed by atoms with Crippen molar-refractivity contribution < 1.29 is 23.7 Å². The molecule has 19 heavy (non-hydrogen) atoms. The van der Waals surface area contributed by atoms with Crippen LogP contribution >= 0.6 is 0 Å². The van der Waals surface area contributed by atoms with Crippen molar-refractivity contribution in [2.24, 2.45) is 5.73 Å². The lowest BCUT2D eigenvalue weighted by Gasteiger charge is -2.21. The fraction of sp³-hybridized carbons (Fsp3) is 0.462. The monoisotopic (exact) mass is 269 g/mol. The Balaban J connectivity index is 2.80. The predicted octanol–water partition coefficient (Wildman–Crippen LogP) is 0.973. The van der Waals surface area contributed by atoms with Crippen LogP contribution in [0, 0.1) is 0 Å². The van der Waals surface area contributed by atoms with Crippen LogP contribution in [0.25, 0.3) is 0 Å². The molecule has 0 saturated carbocycles. The molecular weight excluding hydrogens is 250 g/mol. The molecule has 0 aromatic heterocycles. The van der Waals surface area contributed by atoms with Gasteiger partial charge in [0, 0.05) is 18.2 Å². The van der Waals surface area contributed by atoms with Gasteiger partial charge in [0.1, 0.15) is 29.4 Å². The van der Waals surface area contributed by atoms with Gasteiger partial charge in [0.25, 0.3) is 0 Å². The second-order valence-corrected chi connectivity index (χ2v) is 4.25. The van der Waals surface area contributed by atoms with Crippen molar-refractivity contribution in [3.8, 4) is 17.2 Å². The van der Waals surface area contributed by atoms with Crippen LogP contribution in [0.4, 0.5) is 0 Å². The highest BCUT2D eigenvalue weighted by molar-refractivity contribution is 5.80. The normalized spacial score (nSPS) is 13.3. The number of carbonyl (C=O) groups is 1. The van der Waals surface area contributed by atoms with Gasteiger partial charge in [-0.3, -0.25) is 0 Å². The third-order valence-electron chi connectivity index (χ3n) is 2.52. The average Bonchev–Trinajstić information content (AvgIpc) is 2.43. The van der Waals surface area contributed by atoms with Gasteiger partial charge in [-0.25, -0.2) is 4.79 Å². The standard InChI is InChI=1S/C13H19NO5/c1-13(14,12(15)18-4)8-19-11-6-9(16-2)5-10(7-11)17-3/h5-7H,8,14H2,1-4H3. The lowest BCUT2D eigenvalue weighted by atomic mass is 10.1. The molecule has 0 aliphatic rings. The van der Waals surface area contributed by atoms with Crippen molar-refractivity contribution in [1.29, 1.82) is 0 Å². The van der Waals surface area contributed by atoms with Crippen LogP contribution in [-0.2, 0) is 9.53 Å². The zero-order valence-corrected chi connectivity index (χ0v) is 11.6. The number of ether oxygens (including phenoxy) is 4. The van der Waals surface area contributed by atoms with Gasteiger partial charge in [0.15, 0.2) is 0 Å². The molecule has 6 nitrogen and oxygen atoms in total. The Bertz CT molecular complexity index is 422. The Hall–Kier alpha value is -1.95. The maximum absolute atomic E-state index is 11.4. The first-order chi connectivity index (χ1) is 8.92. The average molecular weight is 269 g/mol. The van der Waals surface area contributed by atoms with Crippen LogP contribution in [0.2, 0.25) is 0 Å². The lowest BCUT2D eigenvalue weighted by molar-refractivity contribution is -0.147. The molecule has 0 aliphatic carbocycles. The Kier molecular flexibility index (Phi) is 5.00. The minimum atomic E-state index is -1.22. The second kappa shape index (κ2) is 6.29. The SMILES string of the molecule is COC(=O)C(C)(N)COc1cc(OC)cc(OC)c1. The van der Waals surface area contributed by atoms with E-state index in [2.05, 4.69) is 4.74 Å². The summed E-state index contributed by atoms with van der Waals surface area (Å²) < 4.78 is 20.3. The van der Waals surface area contributed by atoms with E-state index in [1.807, 2.05) is 0 Å². The quantitative estimate of drug-likeness (QED) is 0.775. The van der Waals surface area contributed by atoms with E-state index in [9.17, 15) is 4.79 Å². The number of esters is 1. The molecule has 0 aliphatic heterocycles. The van der Waals surface area contributed by atoms with E-state index >= 15 is 0 Å². The first-order valence-electron chi connectivity index (χ1n) is 5.66. The molecular formula is C13H19NO5. The molecule has 1 unspecified atom stereocenters. The zero-order chi connectivity index (χ0) is 14.5. The van der Waals surface area contributed by atoms with Crippen LogP contribution in [0.3, 0.4) is 0 Å². The smallest absolute Gasteiger partial charge is 0.329 e. The van der Waals surface area contributed by atoms with Crippen LogP contribution < -0.4 is 19.9 Å². The van der Waals surface area contributed by atoms with Crippen molar-refractivity contribution in [2.75, 3.05) is 27.9 Å². The van der Waals surface area contributed by atoms with E-state index in [0.717, 1.165) is 0 Å². The number of rotatable bonds is 6. The van der Waals surface area contributed by atoms with Crippen molar-refractivity contribution in [1.82, 2.24) is 0 Å². The van der Waals surface area contributed by atoms with Gasteiger partial charge in [0.05, 0.1) is 21.3 Å². The van der Waals surface area contributed by atoms with Crippen LogP contribution in [0.1, 0.15) is 6.92 Å². The highest BCUT2D eigenvalue weighted by Gasteiger charge is 2.30. The summed E-state index contributed by atoms with van der Waals surface area (Å²) in [7, 11) is 4.36. The van der Waals surface area contributed by atoms with Gasteiger partial charge < -0.3 is 24.7 Å². The summed E-state index contributed by atoms with van der Waals surface area (Å²) in [5.41, 5.74) is 4.58. The number of methoxy groups -OCH3 is 3. The number of carbonyl (C=O) groups excluding carboxylic acids is 1. The highest BCUT2D eigenvalue weighted by Crippen LogP contribution is 2.27. The number of hydrogen-bond acceptors (Lipinski definition) is 6. The van der Waals surface area contributed by atoms with Gasteiger partial charge in [-0.1, -0.05) is 0 Å². The van der Waals surface area contributed by atoms with E-state index in [1.165, 1.54) is 14.0 Å². The van der Waals surface area contributed by atoms with Crippen molar-refractivity contribution >= 4 is 5.97 Å². The molecule has 0 fully saturated rings. The van der Waals surface area contributed by atoms with E-state index in [-0.39, 0.29) is 6.61 Å². The molecule has 0 bridgehead atoms. The molecule has 0 spiro atoms. The third-order valence-corrected chi connectivity index (χ3v) is 2.52. The minimum absolute atomic E-state index is 0.0179. The number of hydrogen-bond donors (Lipinski definition) is 1. The molecule has 6 heteroatoms. The summed E-state index contributed by atoms with van der Waals surface area (Å²) in [6.07, 6.45) is 0. The fourth-order valence-electron chi connectivity index (χ4n) is 1.39. The summed E-state index contributed by atoms with van der Waals surface area (Å²) >= 11 is 0. The summed E-state index contributed by atoms with van der Waals surface area (Å²) in [6.45, 7) is 1.52. The predicted molar refractivity (Wildman–Crippen MR) is 69.6 cm³/mol. The Labute approximate surface area is 112 Å². The Morgan fingerprint density at radius 2 is 1.58 bits per heavy atom. The zero-order valence-electron chi connectivity index (χ0n) is 11.6. The molecule has 106 valence electrons. The molecule has 1 aromatic carbocycles. The molecule has 0 radical (unpaired) electrons. The summed E-state index contributed by atoms with van der Waals surface area (Å²) in [4.78, 5) is 11.4. The number of benzene rings is 1. The first-order valence-corrected chi connectivity index (χ1v) is 5.66. The Morgan fingerprint density at radius 3 is 2.00 bits per heavy atom. The molecule has 0 saturated heterocycles. The van der Waals surface area contributed by atoms with E-state index in [0.29, 0.717) is 17.2 Å². The maximum Gasteiger partial charge on any atom is 0.329 e. The summed E-state index contributed by atoms with van der Waals surface area (Å²) in [5.74, 6) is 1.14. The van der Waals surface area contributed by atoms with Crippen LogP contribution in [0.15, 0.2) is 18.2 Å². The molecule has 1 rings (SSSR count). The minimum Gasteiger partial charge on any atom is -0.496 e. The molecule has 1 atom stereocenters. The first kappa shape index (κ1) is 15.1. The largest absolute Gasteiger partial charge is 0.496 e. The molecule has 2 N–H and O–H groups in total. The second-order valence-electron chi connectivity index (χ2n) is 4.25. The van der Waals surface area contributed by atoms with Gasteiger partial charge >= 0.3 is 5.97 Å².